The van der Waals surface area contributed by atoms with Crippen molar-refractivity contribution in [1.82, 2.24) is 4.98 Å². The molecule has 146 valence electrons. The standard InChI is InChI=1S/C19H15ClF3N3O2/c1-11-8-15(10-24-11)28-14-5-2-12(3-6-14)25-18(27)26-13-4-7-17(20)16(9-13)19(21,22)23/h2-10,24H,1H3,(H2,25,26,27). The summed E-state index contributed by atoms with van der Waals surface area (Å²) in [5.74, 6) is 1.22. The van der Waals surface area contributed by atoms with Gasteiger partial charge in [-0.05, 0) is 49.4 Å². The van der Waals surface area contributed by atoms with Gasteiger partial charge in [-0.2, -0.15) is 13.2 Å². The number of halogens is 4. The molecule has 3 rings (SSSR count). The Morgan fingerprint density at radius 3 is 2.25 bits per heavy atom. The van der Waals surface area contributed by atoms with Crippen LogP contribution in [0.5, 0.6) is 11.5 Å². The van der Waals surface area contributed by atoms with Gasteiger partial charge in [0.2, 0.25) is 0 Å². The molecule has 0 aliphatic rings. The average Bonchev–Trinajstić information content (AvgIpc) is 3.02. The molecule has 2 amide bonds. The second-order valence-electron chi connectivity index (χ2n) is 5.92. The summed E-state index contributed by atoms with van der Waals surface area (Å²) in [6, 6.07) is 10.8. The number of carbonyl (C=O) groups is 1. The molecule has 0 saturated carbocycles. The Hall–Kier alpha value is -3.13. The number of alkyl halides is 3. The number of urea groups is 1. The van der Waals surface area contributed by atoms with E-state index in [-0.39, 0.29) is 5.69 Å². The van der Waals surface area contributed by atoms with E-state index in [1.807, 2.05) is 13.0 Å². The number of anilines is 2. The van der Waals surface area contributed by atoms with Crippen LogP contribution in [0.1, 0.15) is 11.3 Å². The summed E-state index contributed by atoms with van der Waals surface area (Å²) >= 11 is 5.56. The number of hydrogen-bond donors (Lipinski definition) is 3. The fourth-order valence-electron chi connectivity index (χ4n) is 2.40. The Bertz CT molecular complexity index is 985. The minimum Gasteiger partial charge on any atom is -0.456 e. The van der Waals surface area contributed by atoms with Crippen LogP contribution in [-0.4, -0.2) is 11.0 Å². The zero-order valence-electron chi connectivity index (χ0n) is 14.5. The quantitative estimate of drug-likeness (QED) is 0.464. The number of carbonyl (C=O) groups excluding carboxylic acids is 1. The smallest absolute Gasteiger partial charge is 0.417 e. The molecule has 0 saturated heterocycles. The number of nitrogens with one attached hydrogen (secondary N) is 3. The van der Waals surface area contributed by atoms with Gasteiger partial charge in [-0.3, -0.25) is 0 Å². The molecule has 3 aromatic rings. The number of ether oxygens (including phenoxy) is 1. The van der Waals surface area contributed by atoms with Gasteiger partial charge >= 0.3 is 12.2 Å². The SMILES string of the molecule is Cc1cc(Oc2ccc(NC(=O)Nc3ccc(Cl)c(C(F)(F)F)c3)cc2)c[nH]1. The first kappa shape index (κ1) is 19.6. The third-order valence-electron chi connectivity index (χ3n) is 3.68. The van der Waals surface area contributed by atoms with Crippen molar-refractivity contribution in [3.8, 4) is 11.5 Å². The van der Waals surface area contributed by atoms with Crippen molar-refractivity contribution in [3.05, 3.63) is 71.0 Å². The lowest BCUT2D eigenvalue weighted by Crippen LogP contribution is -2.19. The first-order chi connectivity index (χ1) is 13.2. The van der Waals surface area contributed by atoms with Crippen LogP contribution in [0.3, 0.4) is 0 Å². The minimum atomic E-state index is -4.61. The van der Waals surface area contributed by atoms with E-state index in [1.54, 1.807) is 30.5 Å². The highest BCUT2D eigenvalue weighted by Gasteiger charge is 2.33. The Balaban J connectivity index is 1.62. The van der Waals surface area contributed by atoms with Crippen LogP contribution in [-0.2, 0) is 6.18 Å². The van der Waals surface area contributed by atoms with Crippen LogP contribution < -0.4 is 15.4 Å². The van der Waals surface area contributed by atoms with Crippen LogP contribution in [0.2, 0.25) is 5.02 Å². The minimum absolute atomic E-state index is 0.0305. The van der Waals surface area contributed by atoms with Gasteiger partial charge in [0.25, 0.3) is 0 Å². The third kappa shape index (κ3) is 4.98. The van der Waals surface area contributed by atoms with Crippen LogP contribution in [0, 0.1) is 6.92 Å². The van der Waals surface area contributed by atoms with E-state index in [9.17, 15) is 18.0 Å². The van der Waals surface area contributed by atoms with Gasteiger partial charge in [-0.25, -0.2) is 4.79 Å². The lowest BCUT2D eigenvalue weighted by atomic mass is 10.2. The molecule has 0 aliphatic carbocycles. The van der Waals surface area contributed by atoms with Crippen molar-refractivity contribution in [2.75, 3.05) is 10.6 Å². The largest absolute Gasteiger partial charge is 0.456 e. The molecule has 0 radical (unpaired) electrons. The van der Waals surface area contributed by atoms with Crippen LogP contribution in [0.25, 0.3) is 0 Å². The number of H-pyrrole nitrogens is 1. The number of aromatic amines is 1. The van der Waals surface area contributed by atoms with Crippen molar-refractivity contribution in [2.24, 2.45) is 0 Å². The van der Waals surface area contributed by atoms with E-state index >= 15 is 0 Å². The molecule has 1 aromatic heterocycles. The number of amides is 2. The van der Waals surface area contributed by atoms with Crippen molar-refractivity contribution in [2.45, 2.75) is 13.1 Å². The maximum atomic E-state index is 12.9. The van der Waals surface area contributed by atoms with Gasteiger partial charge in [0.1, 0.15) is 11.5 Å². The highest BCUT2D eigenvalue weighted by atomic mass is 35.5. The molecule has 0 bridgehead atoms. The summed E-state index contributed by atoms with van der Waals surface area (Å²) in [7, 11) is 0. The maximum Gasteiger partial charge on any atom is 0.417 e. The topological polar surface area (TPSA) is 66.2 Å². The van der Waals surface area contributed by atoms with Crippen molar-refractivity contribution >= 4 is 29.0 Å². The highest BCUT2D eigenvalue weighted by Crippen LogP contribution is 2.36. The van der Waals surface area contributed by atoms with E-state index in [0.29, 0.717) is 17.2 Å². The molecule has 5 nitrogen and oxygen atoms in total. The second kappa shape index (κ2) is 7.85. The molecule has 0 unspecified atom stereocenters. The molecule has 0 atom stereocenters. The summed E-state index contributed by atoms with van der Waals surface area (Å²) < 4.78 is 44.3. The third-order valence-corrected chi connectivity index (χ3v) is 4.01. The van der Waals surface area contributed by atoms with E-state index < -0.39 is 22.8 Å². The van der Waals surface area contributed by atoms with Gasteiger partial charge in [-0.15, -0.1) is 0 Å². The first-order valence-electron chi connectivity index (χ1n) is 8.08. The summed E-state index contributed by atoms with van der Waals surface area (Å²) in [4.78, 5) is 15.0. The Kier molecular flexibility index (Phi) is 5.51. The van der Waals surface area contributed by atoms with Gasteiger partial charge in [0.15, 0.2) is 0 Å². The molecule has 2 aromatic carbocycles. The van der Waals surface area contributed by atoms with Crippen molar-refractivity contribution < 1.29 is 22.7 Å². The fourth-order valence-corrected chi connectivity index (χ4v) is 2.62. The van der Waals surface area contributed by atoms with E-state index in [0.717, 1.165) is 17.8 Å². The van der Waals surface area contributed by atoms with Crippen LogP contribution in [0.15, 0.2) is 54.7 Å². The Morgan fingerprint density at radius 2 is 1.64 bits per heavy atom. The molecule has 0 spiro atoms. The fraction of sp³-hybridized carbons (Fsp3) is 0.105. The molecular weight excluding hydrogens is 395 g/mol. The highest BCUT2D eigenvalue weighted by molar-refractivity contribution is 6.31. The molecule has 28 heavy (non-hydrogen) atoms. The summed E-state index contributed by atoms with van der Waals surface area (Å²) in [6.45, 7) is 1.90. The molecule has 3 N–H and O–H groups in total. The van der Waals surface area contributed by atoms with Gasteiger partial charge in [0, 0.05) is 29.3 Å². The molecule has 9 heteroatoms. The Labute approximate surface area is 163 Å². The number of hydrogen-bond acceptors (Lipinski definition) is 2. The number of aromatic nitrogens is 1. The summed E-state index contributed by atoms with van der Waals surface area (Å²) in [6.07, 6.45) is -2.89. The second-order valence-corrected chi connectivity index (χ2v) is 6.32. The summed E-state index contributed by atoms with van der Waals surface area (Å²) in [5, 5.41) is 4.44. The van der Waals surface area contributed by atoms with Gasteiger partial charge in [-0.1, -0.05) is 11.6 Å². The van der Waals surface area contributed by atoms with E-state index in [4.69, 9.17) is 16.3 Å². The molecular formula is C19H15ClF3N3O2. The summed E-state index contributed by atoms with van der Waals surface area (Å²) in [5.41, 5.74) is 0.353. The predicted octanol–water partition coefficient (Wildman–Crippen LogP) is 6.43. The zero-order valence-corrected chi connectivity index (χ0v) is 15.3. The number of benzene rings is 2. The van der Waals surface area contributed by atoms with Crippen LogP contribution in [0.4, 0.5) is 29.3 Å². The van der Waals surface area contributed by atoms with Crippen molar-refractivity contribution in [3.63, 3.8) is 0 Å². The molecule has 0 fully saturated rings. The maximum absolute atomic E-state index is 12.9. The van der Waals surface area contributed by atoms with E-state index in [1.165, 1.54) is 6.07 Å². The van der Waals surface area contributed by atoms with E-state index in [2.05, 4.69) is 15.6 Å². The van der Waals surface area contributed by atoms with Gasteiger partial charge < -0.3 is 20.4 Å². The zero-order chi connectivity index (χ0) is 20.3. The predicted molar refractivity (Wildman–Crippen MR) is 101 cm³/mol. The van der Waals surface area contributed by atoms with Crippen LogP contribution >= 0.6 is 11.6 Å². The number of rotatable bonds is 4. The Morgan fingerprint density at radius 1 is 1.00 bits per heavy atom. The molecule has 1 heterocycles. The number of aryl methyl sites for hydroxylation is 1. The monoisotopic (exact) mass is 409 g/mol. The molecule has 0 aliphatic heterocycles. The lowest BCUT2D eigenvalue weighted by molar-refractivity contribution is -0.137. The van der Waals surface area contributed by atoms with Crippen molar-refractivity contribution in [1.29, 1.82) is 0 Å². The average molecular weight is 410 g/mol. The van der Waals surface area contributed by atoms with Gasteiger partial charge in [0.05, 0.1) is 10.6 Å². The first-order valence-corrected chi connectivity index (χ1v) is 8.46. The lowest BCUT2D eigenvalue weighted by Gasteiger charge is -2.12. The normalized spacial score (nSPS) is 11.2.